The molecule has 0 saturated heterocycles. The summed E-state index contributed by atoms with van der Waals surface area (Å²) in [6, 6.07) is 61.9. The molecule has 12 rings (SSSR count). The topological polar surface area (TPSA) is 51.8 Å². The summed E-state index contributed by atoms with van der Waals surface area (Å²) in [6.07, 6.45) is 0. The molecule has 57 heavy (non-hydrogen) atoms. The van der Waals surface area contributed by atoms with E-state index in [1.807, 2.05) is 83.3 Å². The van der Waals surface area contributed by atoms with Crippen molar-refractivity contribution in [3.63, 3.8) is 0 Å². The van der Waals surface area contributed by atoms with Crippen LogP contribution in [-0.2, 0) is 0 Å². The zero-order valence-corrected chi connectivity index (χ0v) is 31.9. The van der Waals surface area contributed by atoms with E-state index in [9.17, 15) is 0 Å². The molecular formula is C51H29N3OS2. The van der Waals surface area contributed by atoms with Gasteiger partial charge in [-0.05, 0) is 41.5 Å². The first-order chi connectivity index (χ1) is 28.2. The highest BCUT2D eigenvalue weighted by molar-refractivity contribution is 7.26. The van der Waals surface area contributed by atoms with Crippen molar-refractivity contribution >= 4 is 85.0 Å². The number of nitrogens with zero attached hydrogens (tertiary/aromatic N) is 3. The molecule has 0 fully saturated rings. The van der Waals surface area contributed by atoms with E-state index in [1.54, 1.807) is 0 Å². The zero-order valence-electron chi connectivity index (χ0n) is 30.3. The van der Waals surface area contributed by atoms with Gasteiger partial charge < -0.3 is 4.42 Å². The fraction of sp³-hybridized carbons (Fsp3) is 0. The van der Waals surface area contributed by atoms with Gasteiger partial charge in [-0.15, -0.1) is 22.7 Å². The van der Waals surface area contributed by atoms with E-state index in [-0.39, 0.29) is 0 Å². The fourth-order valence-corrected chi connectivity index (χ4v) is 10.7. The van der Waals surface area contributed by atoms with Crippen LogP contribution in [0.4, 0.5) is 0 Å². The van der Waals surface area contributed by atoms with Crippen LogP contribution in [0.2, 0.25) is 0 Å². The van der Waals surface area contributed by atoms with Crippen molar-refractivity contribution in [2.45, 2.75) is 0 Å². The minimum atomic E-state index is 0.598. The lowest BCUT2D eigenvalue weighted by Crippen LogP contribution is -2.00. The molecule has 0 N–H and O–H groups in total. The van der Waals surface area contributed by atoms with Crippen LogP contribution in [0.15, 0.2) is 180 Å². The molecule has 0 aliphatic rings. The first-order valence-corrected chi connectivity index (χ1v) is 20.6. The summed E-state index contributed by atoms with van der Waals surface area (Å²) >= 11 is 3.72. The molecule has 8 aromatic carbocycles. The SMILES string of the molecule is c1ccc(-c2nc(-c3ccccc3)nc(-c3ccc4c(c3)oc3c(-c5ccc(-c6cccc7sc8ccccc8c67)c6c5sc5ccccc56)cccc34)n2)cc1. The second-order valence-electron chi connectivity index (χ2n) is 14.3. The summed E-state index contributed by atoms with van der Waals surface area (Å²) in [5.41, 5.74) is 9.16. The molecule has 0 saturated carbocycles. The second kappa shape index (κ2) is 12.8. The molecule has 0 aliphatic heterocycles. The van der Waals surface area contributed by atoms with Gasteiger partial charge in [0, 0.05) is 78.9 Å². The molecule has 4 nitrogen and oxygen atoms in total. The fourth-order valence-electron chi connectivity index (χ4n) is 8.35. The Hall–Kier alpha value is -6.99. The third kappa shape index (κ3) is 5.15. The molecule has 0 unspecified atom stereocenters. The van der Waals surface area contributed by atoms with Gasteiger partial charge in [-0.1, -0.05) is 146 Å². The Morgan fingerprint density at radius 3 is 1.63 bits per heavy atom. The Bertz CT molecular complexity index is 3470. The van der Waals surface area contributed by atoms with Crippen molar-refractivity contribution in [3.05, 3.63) is 176 Å². The van der Waals surface area contributed by atoms with Crippen molar-refractivity contribution in [3.8, 4) is 56.4 Å². The number of fused-ring (bicyclic) bond motifs is 9. The van der Waals surface area contributed by atoms with Gasteiger partial charge in [0.25, 0.3) is 0 Å². The number of furan rings is 1. The minimum Gasteiger partial charge on any atom is -0.455 e. The van der Waals surface area contributed by atoms with Gasteiger partial charge in [0.05, 0.1) is 0 Å². The van der Waals surface area contributed by atoms with Crippen LogP contribution in [0, 0.1) is 0 Å². The number of rotatable bonds is 5. The van der Waals surface area contributed by atoms with Crippen molar-refractivity contribution in [2.75, 3.05) is 0 Å². The Morgan fingerprint density at radius 2 is 0.895 bits per heavy atom. The van der Waals surface area contributed by atoms with Crippen LogP contribution in [0.5, 0.6) is 0 Å². The van der Waals surface area contributed by atoms with Gasteiger partial charge in [-0.25, -0.2) is 15.0 Å². The molecule has 0 bridgehead atoms. The van der Waals surface area contributed by atoms with Crippen LogP contribution in [0.1, 0.15) is 0 Å². The van der Waals surface area contributed by atoms with E-state index in [0.29, 0.717) is 17.5 Å². The molecule has 0 atom stereocenters. The van der Waals surface area contributed by atoms with E-state index in [1.165, 1.54) is 57.0 Å². The molecule has 12 aromatic rings. The van der Waals surface area contributed by atoms with Crippen LogP contribution >= 0.6 is 22.7 Å². The van der Waals surface area contributed by atoms with Crippen LogP contribution < -0.4 is 0 Å². The zero-order chi connectivity index (χ0) is 37.5. The monoisotopic (exact) mass is 763 g/mol. The highest BCUT2D eigenvalue weighted by atomic mass is 32.1. The van der Waals surface area contributed by atoms with Crippen molar-refractivity contribution in [1.82, 2.24) is 15.0 Å². The molecule has 0 spiro atoms. The van der Waals surface area contributed by atoms with E-state index in [0.717, 1.165) is 44.2 Å². The molecule has 0 radical (unpaired) electrons. The molecule has 4 aromatic heterocycles. The minimum absolute atomic E-state index is 0.598. The maximum absolute atomic E-state index is 6.90. The average molecular weight is 764 g/mol. The lowest BCUT2D eigenvalue weighted by molar-refractivity contribution is 0.670. The van der Waals surface area contributed by atoms with Crippen LogP contribution in [-0.4, -0.2) is 15.0 Å². The van der Waals surface area contributed by atoms with Crippen molar-refractivity contribution in [2.24, 2.45) is 0 Å². The summed E-state index contributed by atoms with van der Waals surface area (Å²) in [4.78, 5) is 14.9. The first-order valence-electron chi connectivity index (χ1n) is 18.9. The van der Waals surface area contributed by atoms with Crippen LogP contribution in [0.3, 0.4) is 0 Å². The lowest BCUT2D eigenvalue weighted by atomic mass is 9.92. The Labute approximate surface area is 335 Å². The van der Waals surface area contributed by atoms with Crippen molar-refractivity contribution in [1.29, 1.82) is 0 Å². The third-order valence-corrected chi connectivity index (χ3v) is 13.3. The number of para-hydroxylation sites is 1. The molecule has 0 amide bonds. The summed E-state index contributed by atoms with van der Waals surface area (Å²) < 4.78 is 12.0. The standard InChI is InChI=1S/C51H29N3OS2/c1-3-13-30(14-4-1)49-52-50(31-15-5-2-6-16-31)54-51(53-49)32-25-26-33-36-20-11-21-37(47(36)55-41(33)29-32)38-28-27-35(46-40-18-8-10-23-43(40)57-48(38)46)34-19-12-24-44-45(34)39-17-7-9-22-42(39)56-44/h1-29H. The van der Waals surface area contributed by atoms with E-state index in [4.69, 9.17) is 19.4 Å². The van der Waals surface area contributed by atoms with Crippen LogP contribution in [0.25, 0.3) is 119 Å². The molecule has 6 heteroatoms. The number of hydrogen-bond acceptors (Lipinski definition) is 6. The Kier molecular flexibility index (Phi) is 7.24. The van der Waals surface area contributed by atoms with E-state index >= 15 is 0 Å². The predicted molar refractivity (Wildman–Crippen MR) is 240 cm³/mol. The maximum Gasteiger partial charge on any atom is 0.164 e. The summed E-state index contributed by atoms with van der Waals surface area (Å²) in [5, 5.41) is 7.31. The summed E-state index contributed by atoms with van der Waals surface area (Å²) in [6.45, 7) is 0. The molecule has 0 aliphatic carbocycles. The summed E-state index contributed by atoms with van der Waals surface area (Å²) in [5.74, 6) is 1.86. The molecular weight excluding hydrogens is 735 g/mol. The van der Waals surface area contributed by atoms with E-state index < -0.39 is 0 Å². The predicted octanol–water partition coefficient (Wildman–Crippen LogP) is 14.8. The van der Waals surface area contributed by atoms with Gasteiger partial charge in [-0.2, -0.15) is 0 Å². The quantitative estimate of drug-likeness (QED) is 0.175. The molecule has 4 heterocycles. The van der Waals surface area contributed by atoms with Gasteiger partial charge >= 0.3 is 0 Å². The number of benzene rings is 8. The van der Waals surface area contributed by atoms with Gasteiger partial charge in [-0.3, -0.25) is 0 Å². The first kappa shape index (κ1) is 32.3. The highest BCUT2D eigenvalue weighted by Gasteiger charge is 2.21. The van der Waals surface area contributed by atoms with Gasteiger partial charge in [0.15, 0.2) is 17.5 Å². The Morgan fingerprint density at radius 1 is 0.351 bits per heavy atom. The normalized spacial score (nSPS) is 11.9. The van der Waals surface area contributed by atoms with Crippen molar-refractivity contribution < 1.29 is 4.42 Å². The number of aromatic nitrogens is 3. The van der Waals surface area contributed by atoms with Gasteiger partial charge in [0.1, 0.15) is 11.2 Å². The lowest BCUT2D eigenvalue weighted by Gasteiger charge is -2.11. The van der Waals surface area contributed by atoms with Gasteiger partial charge in [0.2, 0.25) is 0 Å². The summed E-state index contributed by atoms with van der Waals surface area (Å²) in [7, 11) is 0. The van der Waals surface area contributed by atoms with E-state index in [2.05, 4.69) is 115 Å². The molecule has 266 valence electrons. The average Bonchev–Trinajstić information content (AvgIpc) is 3.98. The highest BCUT2D eigenvalue weighted by Crippen LogP contribution is 2.49. The number of thiophene rings is 2. The second-order valence-corrected chi connectivity index (χ2v) is 16.4. The third-order valence-electron chi connectivity index (χ3n) is 11.0. The Balaban J connectivity index is 1.05. The largest absolute Gasteiger partial charge is 0.455 e. The number of hydrogen-bond donors (Lipinski definition) is 0. The maximum atomic E-state index is 6.90. The smallest absolute Gasteiger partial charge is 0.164 e.